The fourth-order valence-electron chi connectivity index (χ4n) is 0.977. The van der Waals surface area contributed by atoms with E-state index in [0.29, 0.717) is 12.4 Å². The fraction of sp³-hybridized carbons (Fsp3) is 0.667. The van der Waals surface area contributed by atoms with Gasteiger partial charge in [-0.05, 0) is 20.8 Å². The van der Waals surface area contributed by atoms with Gasteiger partial charge in [-0.3, -0.25) is 9.89 Å². The Labute approximate surface area is 88.7 Å². The van der Waals surface area contributed by atoms with Crippen LogP contribution in [0.5, 0.6) is 0 Å². The van der Waals surface area contributed by atoms with Crippen molar-refractivity contribution in [3.63, 3.8) is 0 Å². The van der Waals surface area contributed by atoms with Crippen LogP contribution < -0.4 is 11.1 Å². The van der Waals surface area contributed by atoms with Crippen LogP contribution in [-0.4, -0.2) is 27.6 Å². The third-order valence-electron chi connectivity index (χ3n) is 2.32. The molecular formula is C9H17N5O. The van der Waals surface area contributed by atoms with Crippen LogP contribution in [0.15, 0.2) is 6.33 Å². The Balaban J connectivity index is 2.60. The molecule has 0 fully saturated rings. The van der Waals surface area contributed by atoms with Crippen molar-refractivity contribution < 1.29 is 4.79 Å². The van der Waals surface area contributed by atoms with Crippen LogP contribution in [-0.2, 0) is 4.79 Å². The molecule has 0 aliphatic rings. The zero-order valence-corrected chi connectivity index (χ0v) is 9.24. The van der Waals surface area contributed by atoms with Crippen molar-refractivity contribution in [3.8, 4) is 0 Å². The molecule has 0 spiro atoms. The zero-order chi connectivity index (χ0) is 11.5. The van der Waals surface area contributed by atoms with Gasteiger partial charge in [0.25, 0.3) is 0 Å². The second-order valence-corrected chi connectivity index (χ2v) is 4.15. The van der Waals surface area contributed by atoms with Crippen molar-refractivity contribution in [1.82, 2.24) is 20.5 Å². The first-order valence-corrected chi connectivity index (χ1v) is 4.83. The average Bonchev–Trinajstić information content (AvgIpc) is 2.70. The normalized spacial score (nSPS) is 13.6. The van der Waals surface area contributed by atoms with E-state index in [1.165, 1.54) is 6.33 Å². The second kappa shape index (κ2) is 4.39. The summed E-state index contributed by atoms with van der Waals surface area (Å²) in [6.07, 6.45) is 1.41. The maximum Gasteiger partial charge on any atom is 0.227 e. The lowest BCUT2D eigenvalue weighted by Gasteiger charge is -2.23. The van der Waals surface area contributed by atoms with Gasteiger partial charge in [-0.25, -0.2) is 4.98 Å². The lowest BCUT2D eigenvalue weighted by atomic mass is 9.92. The molecule has 6 nitrogen and oxygen atoms in total. The zero-order valence-electron chi connectivity index (χ0n) is 9.24. The molecule has 15 heavy (non-hydrogen) atoms. The second-order valence-electron chi connectivity index (χ2n) is 4.15. The number of aromatic amines is 1. The summed E-state index contributed by atoms with van der Waals surface area (Å²) in [6.45, 7) is 5.75. The van der Waals surface area contributed by atoms with Crippen LogP contribution in [0.2, 0.25) is 0 Å². The van der Waals surface area contributed by atoms with E-state index in [-0.39, 0.29) is 11.9 Å². The van der Waals surface area contributed by atoms with Crippen molar-refractivity contribution in [2.45, 2.75) is 26.8 Å². The number of nitrogens with two attached hydrogens (primary N) is 1. The molecule has 4 N–H and O–H groups in total. The van der Waals surface area contributed by atoms with Gasteiger partial charge in [-0.1, -0.05) is 0 Å². The molecule has 1 amide bonds. The molecule has 1 atom stereocenters. The number of nitrogens with one attached hydrogen (secondary N) is 2. The Kier molecular flexibility index (Phi) is 3.41. The van der Waals surface area contributed by atoms with E-state index in [9.17, 15) is 4.79 Å². The monoisotopic (exact) mass is 211 g/mol. The number of carbonyl (C=O) groups excluding carboxylic acids is 1. The molecule has 0 aliphatic heterocycles. The van der Waals surface area contributed by atoms with Crippen LogP contribution in [0.25, 0.3) is 0 Å². The van der Waals surface area contributed by atoms with Crippen LogP contribution in [0, 0.1) is 5.41 Å². The Morgan fingerprint density at radius 3 is 2.87 bits per heavy atom. The molecule has 84 valence electrons. The first-order chi connectivity index (χ1) is 6.97. The van der Waals surface area contributed by atoms with Crippen LogP contribution in [0.3, 0.4) is 0 Å². The molecule has 0 radical (unpaired) electrons. The molecule has 1 unspecified atom stereocenters. The number of nitrogens with zero attached hydrogens (tertiary/aromatic N) is 2. The Morgan fingerprint density at radius 2 is 2.40 bits per heavy atom. The maximum absolute atomic E-state index is 11.7. The summed E-state index contributed by atoms with van der Waals surface area (Å²) < 4.78 is 0. The van der Waals surface area contributed by atoms with Crippen molar-refractivity contribution in [2.24, 2.45) is 11.1 Å². The maximum atomic E-state index is 11.7. The van der Waals surface area contributed by atoms with Gasteiger partial charge >= 0.3 is 0 Å². The molecule has 0 aliphatic carbocycles. The quantitative estimate of drug-likeness (QED) is 0.651. The summed E-state index contributed by atoms with van der Waals surface area (Å²) in [6, 6.07) is -0.189. The van der Waals surface area contributed by atoms with E-state index in [0.717, 1.165) is 0 Å². The van der Waals surface area contributed by atoms with Crippen molar-refractivity contribution in [2.75, 3.05) is 6.54 Å². The van der Waals surface area contributed by atoms with Crippen LogP contribution in [0.1, 0.15) is 32.6 Å². The summed E-state index contributed by atoms with van der Waals surface area (Å²) in [5, 5.41) is 9.25. The standard InChI is InChI=1S/C9H17N5O/c1-6(7-11-5-12-14-7)13-8(15)9(2,3)4-10/h5-6H,4,10H2,1-3H3,(H,13,15)(H,11,12,14). The van der Waals surface area contributed by atoms with E-state index in [2.05, 4.69) is 20.5 Å². The molecule has 0 bridgehead atoms. The highest BCUT2D eigenvalue weighted by Gasteiger charge is 2.27. The van der Waals surface area contributed by atoms with Crippen molar-refractivity contribution >= 4 is 5.91 Å². The van der Waals surface area contributed by atoms with Crippen molar-refractivity contribution in [1.29, 1.82) is 0 Å². The molecule has 6 heteroatoms. The van der Waals surface area contributed by atoms with E-state index >= 15 is 0 Å². The van der Waals surface area contributed by atoms with Crippen LogP contribution >= 0.6 is 0 Å². The lowest BCUT2D eigenvalue weighted by molar-refractivity contribution is -0.129. The summed E-state index contributed by atoms with van der Waals surface area (Å²) in [4.78, 5) is 15.7. The van der Waals surface area contributed by atoms with Gasteiger partial charge in [-0.2, -0.15) is 5.10 Å². The molecule has 0 saturated carbocycles. The fourth-order valence-corrected chi connectivity index (χ4v) is 0.977. The topological polar surface area (TPSA) is 96.7 Å². The summed E-state index contributed by atoms with van der Waals surface area (Å²) >= 11 is 0. The largest absolute Gasteiger partial charge is 0.346 e. The van der Waals surface area contributed by atoms with E-state index in [1.807, 2.05) is 6.92 Å². The lowest BCUT2D eigenvalue weighted by Crippen LogP contribution is -2.42. The Bertz CT molecular complexity index is 319. The van der Waals surface area contributed by atoms with Gasteiger partial charge in [0, 0.05) is 6.54 Å². The Hall–Kier alpha value is -1.43. The van der Waals surface area contributed by atoms with Gasteiger partial charge in [0.1, 0.15) is 12.2 Å². The minimum atomic E-state index is -0.561. The number of hydrogen-bond acceptors (Lipinski definition) is 4. The number of H-pyrrole nitrogens is 1. The number of amides is 1. The molecule has 1 aromatic heterocycles. The molecule has 1 rings (SSSR count). The highest BCUT2D eigenvalue weighted by Crippen LogP contribution is 2.15. The molecule has 0 aromatic carbocycles. The van der Waals surface area contributed by atoms with E-state index in [4.69, 9.17) is 5.73 Å². The SMILES string of the molecule is CC(NC(=O)C(C)(C)CN)c1ncn[nH]1. The minimum Gasteiger partial charge on any atom is -0.346 e. The predicted molar refractivity (Wildman–Crippen MR) is 55.8 cm³/mol. The van der Waals surface area contributed by atoms with Gasteiger partial charge < -0.3 is 11.1 Å². The average molecular weight is 211 g/mol. The van der Waals surface area contributed by atoms with Gasteiger partial charge in [0.2, 0.25) is 5.91 Å². The third kappa shape index (κ3) is 2.76. The van der Waals surface area contributed by atoms with E-state index < -0.39 is 5.41 Å². The van der Waals surface area contributed by atoms with Crippen molar-refractivity contribution in [3.05, 3.63) is 12.2 Å². The Morgan fingerprint density at radius 1 is 1.73 bits per heavy atom. The summed E-state index contributed by atoms with van der Waals surface area (Å²) in [5.41, 5.74) is 4.94. The summed E-state index contributed by atoms with van der Waals surface area (Å²) in [5.74, 6) is 0.546. The van der Waals surface area contributed by atoms with Crippen LogP contribution in [0.4, 0.5) is 0 Å². The van der Waals surface area contributed by atoms with Gasteiger partial charge in [-0.15, -0.1) is 0 Å². The number of carbonyl (C=O) groups is 1. The highest BCUT2D eigenvalue weighted by molar-refractivity contribution is 5.82. The molecule has 1 aromatic rings. The number of aromatic nitrogens is 3. The predicted octanol–water partition coefficient (Wildman–Crippen LogP) is -0.0332. The number of rotatable bonds is 4. The molecular weight excluding hydrogens is 194 g/mol. The minimum absolute atomic E-state index is 0.0890. The third-order valence-corrected chi connectivity index (χ3v) is 2.32. The first-order valence-electron chi connectivity index (χ1n) is 4.83. The molecule has 0 saturated heterocycles. The first kappa shape index (κ1) is 11.6. The van der Waals surface area contributed by atoms with E-state index in [1.54, 1.807) is 13.8 Å². The van der Waals surface area contributed by atoms with Gasteiger partial charge in [0.15, 0.2) is 0 Å². The smallest absolute Gasteiger partial charge is 0.227 e. The van der Waals surface area contributed by atoms with Gasteiger partial charge in [0.05, 0.1) is 11.5 Å². The summed E-state index contributed by atoms with van der Waals surface area (Å²) in [7, 11) is 0. The molecule has 1 heterocycles. The highest BCUT2D eigenvalue weighted by atomic mass is 16.2. The number of hydrogen-bond donors (Lipinski definition) is 3.